The van der Waals surface area contributed by atoms with E-state index in [2.05, 4.69) is 11.2 Å². The summed E-state index contributed by atoms with van der Waals surface area (Å²) >= 11 is 0. The number of ether oxygens (including phenoxy) is 1. The topological polar surface area (TPSA) is 38.3 Å². The predicted molar refractivity (Wildman–Crippen MR) is 56.9 cm³/mol. The van der Waals surface area contributed by atoms with Gasteiger partial charge in [-0.25, -0.2) is 4.79 Å². The minimum atomic E-state index is -0.719. The highest BCUT2D eigenvalue weighted by Gasteiger charge is 2.29. The molecule has 0 bridgehead atoms. The number of alkyl carbamates (subject to hydrolysis) is 1. The van der Waals surface area contributed by atoms with E-state index in [0.29, 0.717) is 12.8 Å². The van der Waals surface area contributed by atoms with Crippen molar-refractivity contribution in [3.63, 3.8) is 0 Å². The van der Waals surface area contributed by atoms with Crippen molar-refractivity contribution in [2.45, 2.75) is 45.1 Å². The number of rotatable bonds is 5. The third-order valence-electron chi connectivity index (χ3n) is 2.06. The van der Waals surface area contributed by atoms with Crippen LogP contribution in [-0.4, -0.2) is 18.7 Å². The van der Waals surface area contributed by atoms with Crippen LogP contribution in [0.3, 0.4) is 0 Å². The summed E-state index contributed by atoms with van der Waals surface area (Å²) in [6.45, 7) is 4.05. The van der Waals surface area contributed by atoms with Gasteiger partial charge in [0.05, 0.1) is 0 Å². The zero-order valence-corrected chi connectivity index (χ0v) is 9.22. The molecule has 3 heteroatoms. The van der Waals surface area contributed by atoms with E-state index >= 15 is 0 Å². The van der Waals surface area contributed by atoms with Crippen LogP contribution in [0.4, 0.5) is 4.79 Å². The van der Waals surface area contributed by atoms with Crippen molar-refractivity contribution in [3.05, 3.63) is 0 Å². The first-order valence-corrected chi connectivity index (χ1v) is 5.02. The largest absolute Gasteiger partial charge is 0.430 e. The summed E-state index contributed by atoms with van der Waals surface area (Å²) in [5.41, 5.74) is -0.719. The lowest BCUT2D eigenvalue weighted by atomic mass is 9.93. The third-order valence-corrected chi connectivity index (χ3v) is 2.06. The maximum Gasteiger partial charge on any atom is 0.408 e. The molecule has 0 aromatic heterocycles. The van der Waals surface area contributed by atoms with Crippen LogP contribution in [0, 0.1) is 12.3 Å². The summed E-state index contributed by atoms with van der Waals surface area (Å²) in [5, 5.41) is 2.41. The van der Waals surface area contributed by atoms with Gasteiger partial charge in [-0.1, -0.05) is 32.6 Å². The van der Waals surface area contributed by atoms with Gasteiger partial charge in [-0.3, -0.25) is 0 Å². The van der Waals surface area contributed by atoms with E-state index in [1.54, 1.807) is 0 Å². The molecule has 0 aromatic carbocycles. The van der Waals surface area contributed by atoms with Gasteiger partial charge in [0.25, 0.3) is 0 Å². The van der Waals surface area contributed by atoms with Crippen LogP contribution in [0.1, 0.15) is 39.5 Å². The molecule has 0 aliphatic carbocycles. The smallest absolute Gasteiger partial charge is 0.408 e. The van der Waals surface area contributed by atoms with Crippen LogP contribution in [0.2, 0.25) is 0 Å². The van der Waals surface area contributed by atoms with E-state index in [-0.39, 0.29) is 0 Å². The molecule has 0 radical (unpaired) electrons. The Hall–Kier alpha value is -1.17. The van der Waals surface area contributed by atoms with Crippen molar-refractivity contribution >= 4 is 6.09 Å². The molecular weight excluding hydrogens is 178 g/mol. The number of nitrogens with one attached hydrogen (secondary N) is 1. The van der Waals surface area contributed by atoms with E-state index in [9.17, 15) is 4.79 Å². The molecule has 0 heterocycles. The molecule has 0 rings (SSSR count). The minimum absolute atomic E-state index is 0.454. The highest BCUT2D eigenvalue weighted by Crippen LogP contribution is 2.23. The fourth-order valence-corrected chi connectivity index (χ4v) is 1.44. The lowest BCUT2D eigenvalue weighted by Crippen LogP contribution is -2.37. The molecule has 3 nitrogen and oxygen atoms in total. The molecule has 0 fully saturated rings. The molecule has 80 valence electrons. The van der Waals surface area contributed by atoms with E-state index in [0.717, 1.165) is 12.8 Å². The zero-order valence-electron chi connectivity index (χ0n) is 9.22. The van der Waals surface area contributed by atoms with Gasteiger partial charge in [-0.15, -0.1) is 6.42 Å². The standard InChI is InChI=1S/C11H19NO2/c1-5-8-11(7-3,9-6-2)14-10(13)12-4/h3H,5-6,8-9H2,1-2,4H3,(H,12,13). The molecule has 0 spiro atoms. The Morgan fingerprint density at radius 2 is 1.93 bits per heavy atom. The summed E-state index contributed by atoms with van der Waals surface area (Å²) in [4.78, 5) is 11.1. The number of carbonyl (C=O) groups is 1. The van der Waals surface area contributed by atoms with Crippen LogP contribution < -0.4 is 5.32 Å². The van der Waals surface area contributed by atoms with Crippen molar-refractivity contribution in [2.75, 3.05) is 7.05 Å². The van der Waals surface area contributed by atoms with Gasteiger partial charge in [0.2, 0.25) is 0 Å². The fourth-order valence-electron chi connectivity index (χ4n) is 1.44. The zero-order chi connectivity index (χ0) is 11.0. The van der Waals surface area contributed by atoms with Crippen LogP contribution in [0.25, 0.3) is 0 Å². The first kappa shape index (κ1) is 12.8. The maximum absolute atomic E-state index is 11.1. The first-order chi connectivity index (χ1) is 6.64. The maximum atomic E-state index is 11.1. The Bertz CT molecular complexity index is 212. The van der Waals surface area contributed by atoms with E-state index in [4.69, 9.17) is 11.2 Å². The monoisotopic (exact) mass is 197 g/mol. The quantitative estimate of drug-likeness (QED) is 0.687. The van der Waals surface area contributed by atoms with Crippen molar-refractivity contribution in [2.24, 2.45) is 0 Å². The summed E-state index contributed by atoms with van der Waals surface area (Å²) < 4.78 is 5.23. The Labute approximate surface area is 86.2 Å². The van der Waals surface area contributed by atoms with Crippen molar-refractivity contribution in [3.8, 4) is 12.3 Å². The normalized spacial score (nSPS) is 10.4. The van der Waals surface area contributed by atoms with Crippen LogP contribution in [0.5, 0.6) is 0 Å². The van der Waals surface area contributed by atoms with E-state index in [1.165, 1.54) is 7.05 Å². The summed E-state index contributed by atoms with van der Waals surface area (Å²) in [5.74, 6) is 2.60. The molecule has 0 saturated carbocycles. The Morgan fingerprint density at radius 3 is 2.21 bits per heavy atom. The molecule has 0 aromatic rings. The molecule has 1 N–H and O–H groups in total. The molecule has 0 unspecified atom stereocenters. The average molecular weight is 197 g/mol. The highest BCUT2D eigenvalue weighted by atomic mass is 16.6. The lowest BCUT2D eigenvalue weighted by molar-refractivity contribution is 0.0418. The predicted octanol–water partition coefficient (Wildman–Crippen LogP) is 2.31. The highest BCUT2D eigenvalue weighted by molar-refractivity contribution is 5.67. The van der Waals surface area contributed by atoms with Gasteiger partial charge in [-0.05, 0) is 12.8 Å². The summed E-state index contributed by atoms with van der Waals surface area (Å²) in [6.07, 6.45) is 8.21. The number of hydrogen-bond acceptors (Lipinski definition) is 2. The molecular formula is C11H19NO2. The number of hydrogen-bond donors (Lipinski definition) is 1. The summed E-state index contributed by atoms with van der Waals surface area (Å²) in [7, 11) is 1.53. The number of carbonyl (C=O) groups excluding carboxylic acids is 1. The van der Waals surface area contributed by atoms with Gasteiger partial charge in [0.15, 0.2) is 5.60 Å². The Kier molecular flexibility index (Phi) is 5.78. The Balaban J connectivity index is 4.50. The van der Waals surface area contributed by atoms with E-state index < -0.39 is 11.7 Å². The van der Waals surface area contributed by atoms with Gasteiger partial charge in [0.1, 0.15) is 0 Å². The van der Waals surface area contributed by atoms with Gasteiger partial charge < -0.3 is 10.1 Å². The average Bonchev–Trinajstić information content (AvgIpc) is 2.18. The Morgan fingerprint density at radius 1 is 1.43 bits per heavy atom. The third kappa shape index (κ3) is 3.69. The van der Waals surface area contributed by atoms with Crippen LogP contribution in [0.15, 0.2) is 0 Å². The first-order valence-electron chi connectivity index (χ1n) is 5.02. The van der Waals surface area contributed by atoms with Gasteiger partial charge in [0, 0.05) is 7.05 Å². The molecule has 0 saturated heterocycles. The second-order valence-electron chi connectivity index (χ2n) is 3.28. The van der Waals surface area contributed by atoms with Crippen LogP contribution >= 0.6 is 0 Å². The van der Waals surface area contributed by atoms with E-state index in [1.807, 2.05) is 13.8 Å². The van der Waals surface area contributed by atoms with Crippen molar-refractivity contribution in [1.82, 2.24) is 5.32 Å². The second kappa shape index (κ2) is 6.31. The minimum Gasteiger partial charge on any atom is -0.430 e. The molecule has 1 amide bonds. The lowest BCUT2D eigenvalue weighted by Gasteiger charge is -2.27. The van der Waals surface area contributed by atoms with Crippen molar-refractivity contribution < 1.29 is 9.53 Å². The molecule has 0 aliphatic heterocycles. The van der Waals surface area contributed by atoms with Crippen LogP contribution in [-0.2, 0) is 4.74 Å². The number of terminal acetylenes is 1. The molecule has 0 atom stereocenters. The second-order valence-corrected chi connectivity index (χ2v) is 3.28. The fraction of sp³-hybridized carbons (Fsp3) is 0.727. The number of amides is 1. The van der Waals surface area contributed by atoms with Gasteiger partial charge >= 0.3 is 6.09 Å². The summed E-state index contributed by atoms with van der Waals surface area (Å²) in [6, 6.07) is 0. The van der Waals surface area contributed by atoms with Crippen molar-refractivity contribution in [1.29, 1.82) is 0 Å². The molecule has 14 heavy (non-hydrogen) atoms. The SMILES string of the molecule is C#CC(CCC)(CCC)OC(=O)NC. The molecule has 0 aliphatic rings. The van der Waals surface area contributed by atoms with Gasteiger partial charge in [-0.2, -0.15) is 0 Å².